The third-order valence-corrected chi connectivity index (χ3v) is 0.291. The lowest BCUT2D eigenvalue weighted by Gasteiger charge is -2.12. The van der Waals surface area contributed by atoms with Gasteiger partial charge in [0.25, 0.3) is 0 Å². The Hall–Kier alpha value is -0.930. The summed E-state index contributed by atoms with van der Waals surface area (Å²) in [6.07, 6.45) is -3.20. The van der Waals surface area contributed by atoms with E-state index in [9.17, 15) is 4.79 Å². The van der Waals surface area contributed by atoms with Crippen LogP contribution in [0.2, 0.25) is 0 Å². The van der Waals surface area contributed by atoms with Crippen molar-refractivity contribution in [2.24, 2.45) is 5.73 Å². The van der Waals surface area contributed by atoms with E-state index in [2.05, 4.69) is 5.73 Å². The van der Waals surface area contributed by atoms with Crippen LogP contribution in [0.4, 0.5) is 4.79 Å². The first-order valence-electron chi connectivity index (χ1n) is 1.66. The van der Waals surface area contributed by atoms with Crippen molar-refractivity contribution in [3.8, 4) is 0 Å². The minimum Gasteiger partial charge on any atom is -0.412 e. The zero-order chi connectivity index (χ0) is 6.78. The molecule has 0 atom stereocenters. The van der Waals surface area contributed by atoms with Gasteiger partial charge < -0.3 is 32.7 Å². The Morgan fingerprint density at radius 2 is 1.70 bits per heavy atom. The third kappa shape index (κ3) is 15.7. The Bertz CT molecular complexity index is 97.6. The van der Waals surface area contributed by atoms with Crippen molar-refractivity contribution >= 4 is 6.03 Å². The lowest BCUT2D eigenvalue weighted by atomic mass is 10.9. The van der Waals surface area contributed by atoms with Gasteiger partial charge in [0.05, 0.1) is 0 Å². The molecule has 2 amide bonds. The maximum Gasteiger partial charge on any atom is 0.370 e. The topological polar surface area (TPSA) is 182 Å². The molecule has 0 saturated heterocycles. The maximum absolute atomic E-state index is 9.65. The monoisotopic (exact) mass is 157 g/mol. The molecule has 0 rings (SSSR count). The maximum atomic E-state index is 9.65. The van der Waals surface area contributed by atoms with Crippen LogP contribution in [0, 0.1) is 0 Å². The summed E-state index contributed by atoms with van der Waals surface area (Å²) >= 11 is 0. The molecule has 0 aliphatic carbocycles. The van der Waals surface area contributed by atoms with Gasteiger partial charge in [-0.15, -0.1) is 0 Å². The second kappa shape index (κ2) is 4.90. The number of primary amides is 1. The van der Waals surface area contributed by atoms with E-state index >= 15 is 0 Å². The van der Waals surface area contributed by atoms with Gasteiger partial charge in [0, 0.05) is 0 Å². The van der Waals surface area contributed by atoms with Gasteiger partial charge in [-0.3, -0.25) is 5.32 Å². The highest BCUT2D eigenvalue weighted by atomic mass is 16.7. The summed E-state index contributed by atoms with van der Waals surface area (Å²) in [5.74, 6) is 0. The molecule has 8 nitrogen and oxygen atoms in total. The summed E-state index contributed by atoms with van der Waals surface area (Å²) in [7, 11) is 0. The van der Waals surface area contributed by atoms with Gasteiger partial charge >= 0.3 is 12.1 Å². The summed E-state index contributed by atoms with van der Waals surface area (Å²) in [5.41, 5.74) is 4.35. The molecule has 0 aromatic heterocycles. The van der Waals surface area contributed by atoms with Gasteiger partial charge in [0.2, 0.25) is 0 Å². The zero-order valence-electron chi connectivity index (χ0n) is 5.03. The number of hydrogen-bond acceptors (Lipinski definition) is 5. The predicted octanol–water partition coefficient (Wildman–Crippen LogP) is -3.42. The van der Waals surface area contributed by atoms with Crippen LogP contribution >= 0.6 is 0 Å². The van der Waals surface area contributed by atoms with E-state index in [0.717, 1.165) is 0 Å². The average Bonchev–Trinajstić information content (AvgIpc) is 1.21. The number of aliphatic hydroxyl groups is 3. The number of amides is 2. The molecule has 0 aliphatic rings. The quantitative estimate of drug-likeness (QED) is 0.216. The van der Waals surface area contributed by atoms with E-state index in [1.807, 2.05) is 0 Å². The Morgan fingerprint density at radius 1 is 1.40 bits per heavy atom. The predicted molar refractivity (Wildman–Crippen MR) is 30.7 cm³/mol. The molecule has 0 fully saturated rings. The molecule has 0 radical (unpaired) electrons. The van der Waals surface area contributed by atoms with Gasteiger partial charge in [-0.05, 0) is 0 Å². The summed E-state index contributed by atoms with van der Waals surface area (Å²) in [4.78, 5) is 9.65. The fourth-order valence-electron chi connectivity index (χ4n) is 0.165. The molecule has 64 valence electrons. The molecule has 10 heavy (non-hydrogen) atoms. The second-order valence-electron chi connectivity index (χ2n) is 1.12. The number of nitrogens with one attached hydrogen (secondary N) is 1. The first-order chi connectivity index (χ1) is 3.42. The molecule has 0 bridgehead atoms. The first-order valence-corrected chi connectivity index (χ1v) is 1.66. The Morgan fingerprint density at radius 3 is 1.70 bits per heavy atom. The van der Waals surface area contributed by atoms with Crippen molar-refractivity contribution < 1.29 is 25.6 Å². The molecule has 0 aromatic rings. The van der Waals surface area contributed by atoms with Crippen LogP contribution in [-0.4, -0.2) is 32.9 Å². The van der Waals surface area contributed by atoms with E-state index in [1.54, 1.807) is 0 Å². The van der Waals surface area contributed by atoms with Crippen molar-refractivity contribution in [1.82, 2.24) is 11.5 Å². The van der Waals surface area contributed by atoms with E-state index < -0.39 is 12.1 Å². The Kier molecular flexibility index (Phi) is 7.86. The standard InChI is InChI=1S/C2H6N2O4.H3N.H2O/c3-1(5)4-2(6,7)8;;/h6-8H,(H3,3,4,5);1H3;1H2. The van der Waals surface area contributed by atoms with E-state index in [1.165, 1.54) is 5.32 Å². The molecule has 8 heteroatoms. The van der Waals surface area contributed by atoms with Crippen molar-refractivity contribution in [3.05, 3.63) is 0 Å². The second-order valence-corrected chi connectivity index (χ2v) is 1.12. The smallest absolute Gasteiger partial charge is 0.370 e. The van der Waals surface area contributed by atoms with Gasteiger partial charge in [-0.1, -0.05) is 0 Å². The minimum absolute atomic E-state index is 0. The summed E-state index contributed by atoms with van der Waals surface area (Å²) in [5, 5.41) is 24.8. The Labute approximate surface area is 56.2 Å². The lowest BCUT2D eigenvalue weighted by molar-refractivity contribution is -0.322. The van der Waals surface area contributed by atoms with Crippen LogP contribution in [0.15, 0.2) is 0 Å². The molecule has 0 saturated carbocycles. The highest BCUT2D eigenvalue weighted by Gasteiger charge is 2.18. The summed E-state index contributed by atoms with van der Waals surface area (Å²) in [6, 6.07) is -1.22. The molecule has 11 N–H and O–H groups in total. The van der Waals surface area contributed by atoms with Crippen LogP contribution in [0.3, 0.4) is 0 Å². The highest BCUT2D eigenvalue weighted by molar-refractivity contribution is 5.71. The van der Waals surface area contributed by atoms with Gasteiger partial charge in [-0.25, -0.2) is 4.79 Å². The van der Waals surface area contributed by atoms with Gasteiger partial charge in [-0.2, -0.15) is 0 Å². The average molecular weight is 157 g/mol. The number of urea groups is 1. The summed E-state index contributed by atoms with van der Waals surface area (Å²) < 4.78 is 0. The highest BCUT2D eigenvalue weighted by Crippen LogP contribution is 1.80. The lowest BCUT2D eigenvalue weighted by Crippen LogP contribution is -2.50. The third-order valence-electron chi connectivity index (χ3n) is 0.291. The van der Waals surface area contributed by atoms with E-state index in [0.29, 0.717) is 0 Å². The number of hydrogen-bond donors (Lipinski definition) is 6. The number of carbonyl (C=O) groups is 1. The summed E-state index contributed by atoms with van der Waals surface area (Å²) in [6.45, 7) is 0. The van der Waals surface area contributed by atoms with Crippen molar-refractivity contribution in [2.45, 2.75) is 6.10 Å². The van der Waals surface area contributed by atoms with E-state index in [-0.39, 0.29) is 11.6 Å². The first kappa shape index (κ1) is 16.0. The van der Waals surface area contributed by atoms with Crippen LogP contribution in [0.25, 0.3) is 0 Å². The van der Waals surface area contributed by atoms with Crippen LogP contribution in [0.1, 0.15) is 0 Å². The largest absolute Gasteiger partial charge is 0.412 e. The molecule has 0 heterocycles. The molecular formula is C2H11N3O5. The molecule has 0 aromatic carbocycles. The molecule has 0 spiro atoms. The fraction of sp³-hybridized carbons (Fsp3) is 0.500. The SMILES string of the molecule is N.NC(=O)NC(O)(O)O.O. The molecular weight excluding hydrogens is 146 g/mol. The fourth-order valence-corrected chi connectivity index (χ4v) is 0.165. The van der Waals surface area contributed by atoms with Crippen LogP contribution < -0.4 is 17.2 Å². The van der Waals surface area contributed by atoms with Crippen LogP contribution in [0.5, 0.6) is 0 Å². The number of rotatable bonds is 1. The van der Waals surface area contributed by atoms with Crippen molar-refractivity contribution in [1.29, 1.82) is 0 Å². The zero-order valence-corrected chi connectivity index (χ0v) is 5.03. The number of carbonyl (C=O) groups excluding carboxylic acids is 1. The normalized spacial score (nSPS) is 8.70. The van der Waals surface area contributed by atoms with Gasteiger partial charge in [0.1, 0.15) is 0 Å². The van der Waals surface area contributed by atoms with Crippen molar-refractivity contribution in [3.63, 3.8) is 0 Å². The van der Waals surface area contributed by atoms with Crippen LogP contribution in [-0.2, 0) is 0 Å². The number of nitrogens with two attached hydrogens (primary N) is 1. The molecule has 0 aliphatic heterocycles. The molecule has 0 unspecified atom stereocenters. The van der Waals surface area contributed by atoms with Crippen molar-refractivity contribution in [2.75, 3.05) is 0 Å². The minimum atomic E-state index is -3.20. The Balaban J connectivity index is -0.000000245. The van der Waals surface area contributed by atoms with E-state index in [4.69, 9.17) is 15.3 Å². The van der Waals surface area contributed by atoms with Gasteiger partial charge in [0.15, 0.2) is 0 Å².